The van der Waals surface area contributed by atoms with Gasteiger partial charge in [0.1, 0.15) is 17.3 Å². The fourth-order valence-corrected chi connectivity index (χ4v) is 3.19. The summed E-state index contributed by atoms with van der Waals surface area (Å²) in [6.45, 7) is 3.19. The molecule has 21 heavy (non-hydrogen) atoms. The molecule has 2 heterocycles. The maximum atomic E-state index is 6.14. The number of anilines is 1. The Kier molecular flexibility index (Phi) is 4.13. The molecule has 108 valence electrons. The standard InChI is InChI=1S/C16H17N3OS/c1-2-8-20-9-13-18-15(17)14-12(10-21-16(14)19-13)11-6-4-3-5-7-11/h3-7,10H,2,8-9H2,1H3,(H2,17,18,19). The number of ether oxygens (including phenoxy) is 1. The fourth-order valence-electron chi connectivity index (χ4n) is 2.22. The van der Waals surface area contributed by atoms with Gasteiger partial charge in [-0.25, -0.2) is 9.97 Å². The van der Waals surface area contributed by atoms with Crippen molar-refractivity contribution in [2.45, 2.75) is 20.0 Å². The third kappa shape index (κ3) is 2.89. The zero-order chi connectivity index (χ0) is 14.7. The van der Waals surface area contributed by atoms with E-state index < -0.39 is 0 Å². The average molecular weight is 299 g/mol. The van der Waals surface area contributed by atoms with Gasteiger partial charge in [-0.15, -0.1) is 11.3 Å². The summed E-state index contributed by atoms with van der Waals surface area (Å²) < 4.78 is 5.49. The van der Waals surface area contributed by atoms with Crippen LogP contribution in [-0.2, 0) is 11.3 Å². The number of rotatable bonds is 5. The third-order valence-electron chi connectivity index (χ3n) is 3.17. The predicted molar refractivity (Wildman–Crippen MR) is 87.2 cm³/mol. The molecule has 4 nitrogen and oxygen atoms in total. The lowest BCUT2D eigenvalue weighted by molar-refractivity contribution is 0.116. The van der Waals surface area contributed by atoms with E-state index in [2.05, 4.69) is 34.4 Å². The summed E-state index contributed by atoms with van der Waals surface area (Å²) >= 11 is 1.59. The van der Waals surface area contributed by atoms with E-state index in [-0.39, 0.29) is 0 Å². The summed E-state index contributed by atoms with van der Waals surface area (Å²) in [5.74, 6) is 1.17. The molecule has 5 heteroatoms. The Morgan fingerprint density at radius 3 is 2.76 bits per heavy atom. The minimum absolute atomic E-state index is 0.409. The molecule has 0 aliphatic carbocycles. The zero-order valence-electron chi connectivity index (χ0n) is 11.9. The van der Waals surface area contributed by atoms with Gasteiger partial charge in [-0.2, -0.15) is 0 Å². The van der Waals surface area contributed by atoms with Crippen LogP contribution in [0.15, 0.2) is 35.7 Å². The summed E-state index contributed by atoms with van der Waals surface area (Å²) in [5, 5.41) is 3.02. The molecule has 3 aromatic rings. The number of nitrogens with two attached hydrogens (primary N) is 1. The molecule has 2 N–H and O–H groups in total. The highest BCUT2D eigenvalue weighted by Crippen LogP contribution is 2.35. The van der Waals surface area contributed by atoms with Crippen LogP contribution in [-0.4, -0.2) is 16.6 Å². The van der Waals surface area contributed by atoms with Gasteiger partial charge in [-0.05, 0) is 12.0 Å². The van der Waals surface area contributed by atoms with E-state index in [0.717, 1.165) is 27.8 Å². The number of thiophene rings is 1. The molecule has 0 unspecified atom stereocenters. The normalized spacial score (nSPS) is 11.1. The summed E-state index contributed by atoms with van der Waals surface area (Å²) in [4.78, 5) is 9.85. The van der Waals surface area contributed by atoms with Crippen molar-refractivity contribution in [2.75, 3.05) is 12.3 Å². The smallest absolute Gasteiger partial charge is 0.158 e. The van der Waals surface area contributed by atoms with Gasteiger partial charge in [0.05, 0.1) is 5.39 Å². The van der Waals surface area contributed by atoms with Crippen LogP contribution in [0.2, 0.25) is 0 Å². The zero-order valence-corrected chi connectivity index (χ0v) is 12.7. The third-order valence-corrected chi connectivity index (χ3v) is 4.04. The number of benzene rings is 1. The summed E-state index contributed by atoms with van der Waals surface area (Å²) in [6.07, 6.45) is 0.981. The van der Waals surface area contributed by atoms with Crippen LogP contribution < -0.4 is 5.73 Å². The average Bonchev–Trinajstić information content (AvgIpc) is 2.93. The number of hydrogen-bond acceptors (Lipinski definition) is 5. The molecule has 0 atom stereocenters. The van der Waals surface area contributed by atoms with Gasteiger partial charge in [0, 0.05) is 17.6 Å². The Labute approximate surface area is 127 Å². The topological polar surface area (TPSA) is 61.0 Å². The van der Waals surface area contributed by atoms with E-state index in [1.165, 1.54) is 0 Å². The Bertz CT molecular complexity index is 740. The number of nitrogens with zero attached hydrogens (tertiary/aromatic N) is 2. The van der Waals surface area contributed by atoms with Gasteiger partial charge in [-0.3, -0.25) is 0 Å². The second-order valence-corrected chi connectivity index (χ2v) is 5.63. The van der Waals surface area contributed by atoms with Crippen LogP contribution in [0.25, 0.3) is 21.3 Å². The second kappa shape index (κ2) is 6.20. The molecule has 2 aromatic heterocycles. The molecule has 0 amide bonds. The second-order valence-electron chi connectivity index (χ2n) is 4.77. The van der Waals surface area contributed by atoms with Crippen molar-refractivity contribution in [3.05, 3.63) is 41.5 Å². The highest BCUT2D eigenvalue weighted by Gasteiger charge is 2.13. The van der Waals surface area contributed by atoms with Gasteiger partial charge >= 0.3 is 0 Å². The lowest BCUT2D eigenvalue weighted by Crippen LogP contribution is -2.03. The first-order valence-corrected chi connectivity index (χ1v) is 7.84. The molecule has 0 fully saturated rings. The Balaban J connectivity index is 1.99. The number of aromatic nitrogens is 2. The fraction of sp³-hybridized carbons (Fsp3) is 0.250. The van der Waals surface area contributed by atoms with Crippen molar-refractivity contribution in [3.63, 3.8) is 0 Å². The van der Waals surface area contributed by atoms with Crippen molar-refractivity contribution in [3.8, 4) is 11.1 Å². The molecular weight excluding hydrogens is 282 g/mol. The van der Waals surface area contributed by atoms with Crippen LogP contribution in [0.1, 0.15) is 19.2 Å². The monoisotopic (exact) mass is 299 g/mol. The van der Waals surface area contributed by atoms with Crippen molar-refractivity contribution >= 4 is 27.4 Å². The van der Waals surface area contributed by atoms with E-state index >= 15 is 0 Å². The molecule has 0 aliphatic rings. The van der Waals surface area contributed by atoms with Crippen molar-refractivity contribution in [1.29, 1.82) is 0 Å². The number of nitrogen functional groups attached to an aromatic ring is 1. The van der Waals surface area contributed by atoms with Gasteiger partial charge in [-0.1, -0.05) is 37.3 Å². The highest BCUT2D eigenvalue weighted by atomic mass is 32.1. The Hall–Kier alpha value is -1.98. The largest absolute Gasteiger partial charge is 0.383 e. The van der Waals surface area contributed by atoms with Gasteiger partial charge in [0.15, 0.2) is 5.82 Å². The first-order chi connectivity index (χ1) is 10.3. The van der Waals surface area contributed by atoms with Crippen LogP contribution in [0.5, 0.6) is 0 Å². The molecule has 0 spiro atoms. The Morgan fingerprint density at radius 1 is 1.19 bits per heavy atom. The van der Waals surface area contributed by atoms with E-state index in [1.54, 1.807) is 11.3 Å². The number of fused-ring (bicyclic) bond motifs is 1. The van der Waals surface area contributed by atoms with E-state index in [9.17, 15) is 0 Å². The lowest BCUT2D eigenvalue weighted by atomic mass is 10.1. The molecule has 0 aliphatic heterocycles. The molecule has 0 radical (unpaired) electrons. The molecule has 3 rings (SSSR count). The molecule has 0 bridgehead atoms. The maximum absolute atomic E-state index is 6.14. The van der Waals surface area contributed by atoms with Crippen LogP contribution in [0, 0.1) is 0 Å². The molecule has 0 saturated heterocycles. The molecule has 1 aromatic carbocycles. The molecular formula is C16H17N3OS. The number of hydrogen-bond donors (Lipinski definition) is 1. The maximum Gasteiger partial charge on any atom is 0.158 e. The minimum Gasteiger partial charge on any atom is -0.383 e. The van der Waals surface area contributed by atoms with Crippen LogP contribution >= 0.6 is 11.3 Å². The van der Waals surface area contributed by atoms with Crippen molar-refractivity contribution in [2.24, 2.45) is 0 Å². The van der Waals surface area contributed by atoms with Crippen LogP contribution in [0.3, 0.4) is 0 Å². The summed E-state index contributed by atoms with van der Waals surface area (Å²) in [6, 6.07) is 10.2. The van der Waals surface area contributed by atoms with Gasteiger partial charge in [0.25, 0.3) is 0 Å². The quantitative estimate of drug-likeness (QED) is 0.727. The first kappa shape index (κ1) is 14.0. The summed E-state index contributed by atoms with van der Waals surface area (Å²) in [5.41, 5.74) is 8.37. The van der Waals surface area contributed by atoms with E-state index in [4.69, 9.17) is 10.5 Å². The first-order valence-electron chi connectivity index (χ1n) is 6.96. The van der Waals surface area contributed by atoms with Crippen molar-refractivity contribution < 1.29 is 4.74 Å². The van der Waals surface area contributed by atoms with E-state index in [0.29, 0.717) is 24.9 Å². The predicted octanol–water partition coefficient (Wildman–Crippen LogP) is 3.87. The van der Waals surface area contributed by atoms with E-state index in [1.807, 2.05) is 18.2 Å². The van der Waals surface area contributed by atoms with Crippen molar-refractivity contribution in [1.82, 2.24) is 9.97 Å². The van der Waals surface area contributed by atoms with Gasteiger partial charge in [0.2, 0.25) is 0 Å². The molecule has 0 saturated carbocycles. The summed E-state index contributed by atoms with van der Waals surface area (Å²) in [7, 11) is 0. The lowest BCUT2D eigenvalue weighted by Gasteiger charge is -2.05. The van der Waals surface area contributed by atoms with Gasteiger partial charge < -0.3 is 10.5 Å². The van der Waals surface area contributed by atoms with Crippen LogP contribution in [0.4, 0.5) is 5.82 Å². The SMILES string of the molecule is CCCOCc1nc(N)c2c(-c3ccccc3)csc2n1. The minimum atomic E-state index is 0.409. The Morgan fingerprint density at radius 2 is 2.00 bits per heavy atom. The highest BCUT2D eigenvalue weighted by molar-refractivity contribution is 7.17.